The van der Waals surface area contributed by atoms with Crippen molar-refractivity contribution in [1.29, 1.82) is 0 Å². The lowest BCUT2D eigenvalue weighted by Gasteiger charge is -2.39. The van der Waals surface area contributed by atoms with Gasteiger partial charge >= 0.3 is 0 Å². The summed E-state index contributed by atoms with van der Waals surface area (Å²) >= 11 is 0. The van der Waals surface area contributed by atoms with Gasteiger partial charge in [0.1, 0.15) is 0 Å². The number of nitrogens with two attached hydrogens (primary N) is 1. The predicted octanol–water partition coefficient (Wildman–Crippen LogP) is 2.73. The molecular formula is C15H24N2. The van der Waals surface area contributed by atoms with Crippen LogP contribution in [0.3, 0.4) is 0 Å². The van der Waals surface area contributed by atoms with E-state index in [1.54, 1.807) is 0 Å². The van der Waals surface area contributed by atoms with Crippen molar-refractivity contribution in [1.82, 2.24) is 4.90 Å². The number of hydrogen-bond acceptors (Lipinski definition) is 2. The molecular weight excluding hydrogens is 208 g/mol. The van der Waals surface area contributed by atoms with Crippen molar-refractivity contribution in [2.45, 2.75) is 39.3 Å². The van der Waals surface area contributed by atoms with E-state index in [1.807, 2.05) is 0 Å². The molecule has 2 nitrogen and oxygen atoms in total. The number of piperidine rings is 1. The minimum atomic E-state index is 0.338. The Balaban J connectivity index is 2.14. The topological polar surface area (TPSA) is 29.3 Å². The van der Waals surface area contributed by atoms with Gasteiger partial charge in [0.2, 0.25) is 0 Å². The fourth-order valence-corrected chi connectivity index (χ4v) is 3.01. The summed E-state index contributed by atoms with van der Waals surface area (Å²) in [5.41, 5.74) is 8.95. The van der Waals surface area contributed by atoms with E-state index >= 15 is 0 Å². The molecule has 1 fully saturated rings. The predicted molar refractivity (Wildman–Crippen MR) is 72.9 cm³/mol. The molecule has 0 aliphatic carbocycles. The normalized spacial score (nSPS) is 28.0. The van der Waals surface area contributed by atoms with E-state index in [1.165, 1.54) is 17.7 Å². The third-order valence-corrected chi connectivity index (χ3v) is 3.91. The van der Waals surface area contributed by atoms with Gasteiger partial charge in [-0.15, -0.1) is 0 Å². The fourth-order valence-electron chi connectivity index (χ4n) is 3.01. The first-order valence-corrected chi connectivity index (χ1v) is 6.63. The molecule has 0 bridgehead atoms. The van der Waals surface area contributed by atoms with Crippen molar-refractivity contribution in [2.24, 2.45) is 11.7 Å². The zero-order chi connectivity index (χ0) is 12.4. The van der Waals surface area contributed by atoms with Crippen LogP contribution < -0.4 is 5.73 Å². The second kappa shape index (κ2) is 5.19. The smallest absolute Gasteiger partial charge is 0.0323 e. The SMILES string of the molecule is Cc1ccccc1C(C)N1CC(C)CC(N)C1. The van der Waals surface area contributed by atoms with Gasteiger partial charge in [-0.3, -0.25) is 4.90 Å². The van der Waals surface area contributed by atoms with Gasteiger partial charge in [0.05, 0.1) is 0 Å². The summed E-state index contributed by atoms with van der Waals surface area (Å²) in [4.78, 5) is 2.53. The quantitative estimate of drug-likeness (QED) is 0.849. The Bertz CT molecular complexity index is 365. The van der Waals surface area contributed by atoms with Crippen LogP contribution >= 0.6 is 0 Å². The molecule has 94 valence electrons. The Morgan fingerprint density at radius 1 is 1.29 bits per heavy atom. The van der Waals surface area contributed by atoms with Crippen LogP contribution in [0.25, 0.3) is 0 Å². The third kappa shape index (κ3) is 2.88. The summed E-state index contributed by atoms with van der Waals surface area (Å²) in [6.07, 6.45) is 1.16. The number of likely N-dealkylation sites (tertiary alicyclic amines) is 1. The van der Waals surface area contributed by atoms with E-state index in [9.17, 15) is 0 Å². The Morgan fingerprint density at radius 3 is 2.65 bits per heavy atom. The van der Waals surface area contributed by atoms with Crippen molar-refractivity contribution in [2.75, 3.05) is 13.1 Å². The monoisotopic (exact) mass is 232 g/mol. The molecule has 17 heavy (non-hydrogen) atoms. The van der Waals surface area contributed by atoms with Gasteiger partial charge in [-0.05, 0) is 37.3 Å². The molecule has 0 spiro atoms. The van der Waals surface area contributed by atoms with Crippen LogP contribution in [-0.4, -0.2) is 24.0 Å². The summed E-state index contributed by atoms with van der Waals surface area (Å²) in [7, 11) is 0. The van der Waals surface area contributed by atoms with Crippen LogP contribution in [-0.2, 0) is 0 Å². The van der Waals surface area contributed by atoms with Crippen molar-refractivity contribution in [3.8, 4) is 0 Å². The van der Waals surface area contributed by atoms with Crippen LogP contribution in [0.5, 0.6) is 0 Å². The molecule has 0 amide bonds. The summed E-state index contributed by atoms with van der Waals surface area (Å²) in [6, 6.07) is 9.49. The fraction of sp³-hybridized carbons (Fsp3) is 0.600. The molecule has 3 atom stereocenters. The van der Waals surface area contributed by atoms with Crippen molar-refractivity contribution in [3.63, 3.8) is 0 Å². The van der Waals surface area contributed by atoms with E-state index in [0.29, 0.717) is 18.0 Å². The van der Waals surface area contributed by atoms with Crippen LogP contribution in [0, 0.1) is 12.8 Å². The van der Waals surface area contributed by atoms with Crippen LogP contribution in [0.4, 0.5) is 0 Å². The Labute approximate surface area is 105 Å². The van der Waals surface area contributed by atoms with Crippen LogP contribution in [0.2, 0.25) is 0 Å². The van der Waals surface area contributed by atoms with Gasteiger partial charge in [0.15, 0.2) is 0 Å². The van der Waals surface area contributed by atoms with Crippen molar-refractivity contribution >= 4 is 0 Å². The average Bonchev–Trinajstić information content (AvgIpc) is 2.27. The molecule has 1 aliphatic heterocycles. The average molecular weight is 232 g/mol. The van der Waals surface area contributed by atoms with Crippen LogP contribution in [0.15, 0.2) is 24.3 Å². The van der Waals surface area contributed by atoms with Crippen molar-refractivity contribution < 1.29 is 0 Å². The number of nitrogens with zero attached hydrogens (tertiary/aromatic N) is 1. The molecule has 3 unspecified atom stereocenters. The third-order valence-electron chi connectivity index (χ3n) is 3.91. The standard InChI is InChI=1S/C15H24N2/c1-11-8-14(16)10-17(9-11)13(3)15-7-5-4-6-12(15)2/h4-7,11,13-14H,8-10,16H2,1-3H3. The zero-order valence-corrected chi connectivity index (χ0v) is 11.2. The minimum absolute atomic E-state index is 0.338. The lowest BCUT2D eigenvalue weighted by molar-refractivity contribution is 0.123. The number of aryl methyl sites for hydroxylation is 1. The van der Waals surface area contributed by atoms with Gasteiger partial charge in [0, 0.05) is 25.2 Å². The molecule has 2 rings (SSSR count). The van der Waals surface area contributed by atoms with Gasteiger partial charge in [-0.25, -0.2) is 0 Å². The number of benzene rings is 1. The molecule has 0 saturated carbocycles. The van der Waals surface area contributed by atoms with E-state index in [-0.39, 0.29) is 0 Å². The molecule has 1 aromatic carbocycles. The highest BCUT2D eigenvalue weighted by Crippen LogP contribution is 2.27. The van der Waals surface area contributed by atoms with Gasteiger partial charge in [-0.1, -0.05) is 31.2 Å². The van der Waals surface area contributed by atoms with Gasteiger partial charge in [0.25, 0.3) is 0 Å². The maximum absolute atomic E-state index is 6.13. The Morgan fingerprint density at radius 2 is 2.00 bits per heavy atom. The first-order valence-electron chi connectivity index (χ1n) is 6.63. The van der Waals surface area contributed by atoms with Crippen molar-refractivity contribution in [3.05, 3.63) is 35.4 Å². The highest BCUT2D eigenvalue weighted by Gasteiger charge is 2.26. The molecule has 1 aliphatic rings. The maximum Gasteiger partial charge on any atom is 0.0323 e. The zero-order valence-electron chi connectivity index (χ0n) is 11.2. The lowest BCUT2D eigenvalue weighted by atomic mass is 9.93. The molecule has 1 saturated heterocycles. The first-order chi connectivity index (χ1) is 8.08. The molecule has 1 aromatic rings. The highest BCUT2D eigenvalue weighted by molar-refractivity contribution is 5.28. The first kappa shape index (κ1) is 12.6. The highest BCUT2D eigenvalue weighted by atomic mass is 15.2. The van der Waals surface area contributed by atoms with E-state index in [0.717, 1.165) is 13.0 Å². The molecule has 2 N–H and O–H groups in total. The van der Waals surface area contributed by atoms with E-state index in [4.69, 9.17) is 5.73 Å². The van der Waals surface area contributed by atoms with Gasteiger partial charge in [-0.2, -0.15) is 0 Å². The Hall–Kier alpha value is -0.860. The van der Waals surface area contributed by atoms with Gasteiger partial charge < -0.3 is 5.73 Å². The minimum Gasteiger partial charge on any atom is -0.327 e. The van der Waals surface area contributed by atoms with E-state index in [2.05, 4.69) is 49.9 Å². The second-order valence-corrected chi connectivity index (χ2v) is 5.59. The second-order valence-electron chi connectivity index (χ2n) is 5.59. The molecule has 1 heterocycles. The molecule has 2 heteroatoms. The summed E-state index contributed by atoms with van der Waals surface area (Å²) in [5, 5.41) is 0. The summed E-state index contributed by atoms with van der Waals surface area (Å²) in [6.45, 7) is 8.99. The molecule has 0 aromatic heterocycles. The Kier molecular flexibility index (Phi) is 3.85. The number of hydrogen-bond donors (Lipinski definition) is 1. The largest absolute Gasteiger partial charge is 0.327 e. The summed E-state index contributed by atoms with van der Waals surface area (Å²) in [5.74, 6) is 0.713. The van der Waals surface area contributed by atoms with Crippen LogP contribution in [0.1, 0.15) is 37.4 Å². The number of rotatable bonds is 2. The summed E-state index contributed by atoms with van der Waals surface area (Å²) < 4.78 is 0. The maximum atomic E-state index is 6.13. The molecule has 0 radical (unpaired) electrons. The lowest BCUT2D eigenvalue weighted by Crippen LogP contribution is -2.47. The van der Waals surface area contributed by atoms with E-state index < -0.39 is 0 Å².